The molecule has 0 aliphatic carbocycles. The fourth-order valence-electron chi connectivity index (χ4n) is 4.95. The third-order valence-corrected chi connectivity index (χ3v) is 8.71. The number of halogens is 1. The zero-order valence-electron chi connectivity index (χ0n) is 22.5. The van der Waals surface area contributed by atoms with Gasteiger partial charge in [0.05, 0.1) is 45.0 Å². The molecule has 0 atom stereocenters. The van der Waals surface area contributed by atoms with E-state index in [0.29, 0.717) is 21.8 Å². The molecule has 2 heterocycles. The Labute approximate surface area is 242 Å². The van der Waals surface area contributed by atoms with Crippen LogP contribution in [0, 0.1) is 25.2 Å². The van der Waals surface area contributed by atoms with Crippen LogP contribution in [0.15, 0.2) is 100 Å². The van der Waals surface area contributed by atoms with Crippen LogP contribution in [0.5, 0.6) is 0 Å². The zero-order chi connectivity index (χ0) is 28.9. The van der Waals surface area contributed by atoms with Crippen LogP contribution in [0.2, 0.25) is 5.02 Å². The maximum Gasteiger partial charge on any atom is 0.285 e. The highest BCUT2D eigenvalue weighted by Crippen LogP contribution is 2.31. The minimum Gasteiger partial charge on any atom is -0.311 e. The predicted molar refractivity (Wildman–Crippen MR) is 161 cm³/mol. The quantitative estimate of drug-likeness (QED) is 0.235. The van der Waals surface area contributed by atoms with E-state index in [1.807, 2.05) is 66.9 Å². The smallest absolute Gasteiger partial charge is 0.285 e. The van der Waals surface area contributed by atoms with E-state index >= 15 is 0 Å². The maximum atomic E-state index is 13.6. The number of sulfonamides is 1. The van der Waals surface area contributed by atoms with Crippen LogP contribution >= 0.6 is 11.6 Å². The Balaban J connectivity index is 1.76. The highest BCUT2D eigenvalue weighted by molar-refractivity contribution is 7.90. The van der Waals surface area contributed by atoms with Crippen molar-refractivity contribution in [3.63, 3.8) is 0 Å². The summed E-state index contributed by atoms with van der Waals surface area (Å²) >= 11 is 6.13. The summed E-state index contributed by atoms with van der Waals surface area (Å²) in [6.45, 7) is 3.82. The van der Waals surface area contributed by atoms with Crippen LogP contribution in [-0.2, 0) is 17.1 Å². The van der Waals surface area contributed by atoms with E-state index in [4.69, 9.17) is 11.6 Å². The number of aromatic nitrogens is 3. The Bertz CT molecular complexity index is 2210. The van der Waals surface area contributed by atoms with E-state index in [-0.39, 0.29) is 10.5 Å². The molecule has 0 aliphatic heterocycles. The highest BCUT2D eigenvalue weighted by atomic mass is 35.5. The first-order valence-electron chi connectivity index (χ1n) is 12.8. The van der Waals surface area contributed by atoms with Gasteiger partial charge in [0.25, 0.3) is 10.0 Å². The Morgan fingerprint density at radius 3 is 2.32 bits per heavy atom. The maximum absolute atomic E-state index is 13.6. The van der Waals surface area contributed by atoms with E-state index in [1.165, 1.54) is 0 Å². The zero-order valence-corrected chi connectivity index (χ0v) is 24.1. The third-order valence-electron chi connectivity index (χ3n) is 7.18. The molecule has 41 heavy (non-hydrogen) atoms. The van der Waals surface area contributed by atoms with Gasteiger partial charge in [-0.1, -0.05) is 53.6 Å². The van der Waals surface area contributed by atoms with Crippen molar-refractivity contribution < 1.29 is 8.42 Å². The molecule has 0 unspecified atom stereocenters. The SMILES string of the molecule is Cc1ccc(S(=O)(=O)N=c2n(C)c3cnc4ccc(-c5ccc(Cl)cc5)cc4c3n2-c2cc(C#N)ccc2C)cc1. The molecule has 0 saturated carbocycles. The summed E-state index contributed by atoms with van der Waals surface area (Å²) < 4.78 is 35.1. The number of hydrogen-bond donors (Lipinski definition) is 0. The highest BCUT2D eigenvalue weighted by Gasteiger charge is 2.21. The first-order valence-corrected chi connectivity index (χ1v) is 14.6. The molecular weight excluding hydrogens is 554 g/mol. The fourth-order valence-corrected chi connectivity index (χ4v) is 6.08. The topological polar surface area (TPSA) is 93.0 Å². The van der Waals surface area contributed by atoms with Crippen molar-refractivity contribution in [1.29, 1.82) is 5.26 Å². The summed E-state index contributed by atoms with van der Waals surface area (Å²) in [5.41, 5.74) is 7.15. The van der Waals surface area contributed by atoms with Gasteiger partial charge in [0, 0.05) is 17.5 Å². The van der Waals surface area contributed by atoms with Gasteiger partial charge in [-0.25, -0.2) is 0 Å². The Morgan fingerprint density at radius 2 is 1.61 bits per heavy atom. The summed E-state index contributed by atoms with van der Waals surface area (Å²) in [6.07, 6.45) is 1.72. The number of nitrogens with zero attached hydrogens (tertiary/aromatic N) is 5. The summed E-state index contributed by atoms with van der Waals surface area (Å²) in [5.74, 6) is 0. The van der Waals surface area contributed by atoms with E-state index < -0.39 is 10.0 Å². The van der Waals surface area contributed by atoms with Gasteiger partial charge < -0.3 is 4.57 Å². The molecule has 9 heteroatoms. The van der Waals surface area contributed by atoms with Crippen LogP contribution in [0.1, 0.15) is 16.7 Å². The van der Waals surface area contributed by atoms with Gasteiger partial charge in [-0.15, -0.1) is 4.40 Å². The summed E-state index contributed by atoms with van der Waals surface area (Å²) in [6, 6.07) is 27.7. The molecule has 0 bridgehead atoms. The molecule has 6 aromatic rings. The number of fused-ring (bicyclic) bond motifs is 3. The number of benzene rings is 4. The molecule has 0 amide bonds. The average molecular weight is 578 g/mol. The van der Waals surface area contributed by atoms with Crippen molar-refractivity contribution in [2.75, 3.05) is 0 Å². The average Bonchev–Trinajstić information content (AvgIpc) is 3.24. The first kappa shape index (κ1) is 26.5. The second kappa shape index (κ2) is 10.0. The number of nitriles is 1. The van der Waals surface area contributed by atoms with Crippen molar-refractivity contribution in [3.05, 3.63) is 118 Å². The number of aryl methyl sites for hydroxylation is 3. The molecule has 202 valence electrons. The molecule has 4 aromatic carbocycles. The van der Waals surface area contributed by atoms with E-state index in [0.717, 1.165) is 38.7 Å². The van der Waals surface area contributed by atoms with Crippen molar-refractivity contribution in [3.8, 4) is 22.9 Å². The van der Waals surface area contributed by atoms with Gasteiger partial charge in [-0.05, 0) is 79.1 Å². The standard InChI is InChI=1S/C32H24ClN5O2S/c1-20-4-13-26(14-5-20)41(39,40)36-32-37(3)30-19-35-28-15-10-24(23-8-11-25(33)12-9-23)17-27(28)31(30)38(32)29-16-22(18-34)7-6-21(29)2/h4-17,19H,1-3H3. The second-order valence-electron chi connectivity index (χ2n) is 9.92. The molecule has 0 spiro atoms. The minimum absolute atomic E-state index is 0.0930. The molecule has 2 aromatic heterocycles. The van der Waals surface area contributed by atoms with Crippen LogP contribution in [0.25, 0.3) is 38.8 Å². The van der Waals surface area contributed by atoms with E-state index in [1.54, 1.807) is 54.2 Å². The predicted octanol–water partition coefficient (Wildman–Crippen LogP) is 6.62. The Hall–Kier alpha value is -4.71. The summed E-state index contributed by atoms with van der Waals surface area (Å²) in [4.78, 5) is 4.78. The van der Waals surface area contributed by atoms with Crippen LogP contribution in [0.3, 0.4) is 0 Å². The third kappa shape index (κ3) is 4.69. The Morgan fingerprint density at radius 1 is 0.902 bits per heavy atom. The minimum atomic E-state index is -4.08. The lowest BCUT2D eigenvalue weighted by molar-refractivity contribution is 0.594. The lowest BCUT2D eigenvalue weighted by atomic mass is 10.0. The lowest BCUT2D eigenvalue weighted by Gasteiger charge is -2.12. The van der Waals surface area contributed by atoms with Crippen LogP contribution in [0.4, 0.5) is 0 Å². The monoisotopic (exact) mass is 577 g/mol. The number of rotatable bonds is 4. The normalized spacial score (nSPS) is 12.2. The van der Waals surface area contributed by atoms with Gasteiger partial charge in [0.1, 0.15) is 0 Å². The molecule has 0 aliphatic rings. The molecule has 6 rings (SSSR count). The van der Waals surface area contributed by atoms with E-state index in [2.05, 4.69) is 15.5 Å². The summed E-state index contributed by atoms with van der Waals surface area (Å²) in [7, 11) is -2.32. The van der Waals surface area contributed by atoms with Crippen molar-refractivity contribution >= 4 is 43.6 Å². The molecular formula is C32H24ClN5O2S. The molecule has 0 fully saturated rings. The molecule has 0 N–H and O–H groups in total. The largest absolute Gasteiger partial charge is 0.311 e. The molecule has 0 saturated heterocycles. The first-order chi connectivity index (χ1) is 19.7. The van der Waals surface area contributed by atoms with Crippen LogP contribution < -0.4 is 5.62 Å². The van der Waals surface area contributed by atoms with Crippen molar-refractivity contribution in [2.24, 2.45) is 11.4 Å². The lowest BCUT2D eigenvalue weighted by Crippen LogP contribution is -2.25. The van der Waals surface area contributed by atoms with Gasteiger partial charge >= 0.3 is 0 Å². The van der Waals surface area contributed by atoms with Gasteiger partial charge in [-0.3, -0.25) is 9.55 Å². The number of hydrogen-bond acceptors (Lipinski definition) is 4. The van der Waals surface area contributed by atoms with Crippen molar-refractivity contribution in [2.45, 2.75) is 18.7 Å². The van der Waals surface area contributed by atoms with E-state index in [9.17, 15) is 13.7 Å². The van der Waals surface area contributed by atoms with Crippen LogP contribution in [-0.4, -0.2) is 22.5 Å². The summed E-state index contributed by atoms with van der Waals surface area (Å²) in [5, 5.41) is 11.1. The molecule has 0 radical (unpaired) electrons. The van der Waals surface area contributed by atoms with Crippen molar-refractivity contribution in [1.82, 2.24) is 14.1 Å². The van der Waals surface area contributed by atoms with Gasteiger partial charge in [-0.2, -0.15) is 13.7 Å². The number of pyridine rings is 1. The van der Waals surface area contributed by atoms with Gasteiger partial charge in [0.2, 0.25) is 5.62 Å². The second-order valence-corrected chi connectivity index (χ2v) is 12.0. The Kier molecular flexibility index (Phi) is 6.49. The molecule has 7 nitrogen and oxygen atoms in total. The van der Waals surface area contributed by atoms with Gasteiger partial charge in [0.15, 0.2) is 0 Å². The number of imidazole rings is 1. The fraction of sp³-hybridized carbons (Fsp3) is 0.0938.